The van der Waals surface area contributed by atoms with E-state index in [1.54, 1.807) is 37.6 Å². The summed E-state index contributed by atoms with van der Waals surface area (Å²) < 4.78 is 6.89. The van der Waals surface area contributed by atoms with Crippen LogP contribution in [-0.4, -0.2) is 31.1 Å². The maximum absolute atomic E-state index is 12.2. The van der Waals surface area contributed by atoms with Gasteiger partial charge in [-0.2, -0.15) is 4.68 Å². The highest BCUT2D eigenvalue weighted by atomic mass is 16.4. The Hall–Kier alpha value is -3.03. The second kappa shape index (κ2) is 5.40. The lowest BCUT2D eigenvalue weighted by Gasteiger charge is -2.06. The van der Waals surface area contributed by atoms with Gasteiger partial charge in [0.15, 0.2) is 11.7 Å². The molecule has 0 atom stereocenters. The minimum atomic E-state index is -0.344. The van der Waals surface area contributed by atoms with Crippen LogP contribution in [0.4, 0.5) is 5.69 Å². The molecule has 1 N–H and O–H groups in total. The Morgan fingerprint density at radius 2 is 2.09 bits per heavy atom. The van der Waals surface area contributed by atoms with Crippen LogP contribution >= 0.6 is 0 Å². The summed E-state index contributed by atoms with van der Waals surface area (Å²) in [5.41, 5.74) is 1.93. The van der Waals surface area contributed by atoms with Crippen LogP contribution in [-0.2, 0) is 0 Å². The highest BCUT2D eigenvalue weighted by molar-refractivity contribution is 6.03. The smallest absolute Gasteiger partial charge is 0.293 e. The number of hydrogen-bond acceptors (Lipinski definition) is 6. The van der Waals surface area contributed by atoms with E-state index >= 15 is 0 Å². The lowest BCUT2D eigenvalue weighted by molar-refractivity contribution is 0.0994. The first kappa shape index (κ1) is 13.9. The molecule has 0 aliphatic rings. The Bertz CT molecular complexity index is 835. The van der Waals surface area contributed by atoms with Crippen LogP contribution in [0, 0.1) is 20.8 Å². The summed E-state index contributed by atoms with van der Waals surface area (Å²) in [4.78, 5) is 16.3. The summed E-state index contributed by atoms with van der Waals surface area (Å²) >= 11 is 0. The molecular formula is C14H14N6O2. The Labute approximate surface area is 126 Å². The molecule has 0 bridgehead atoms. The van der Waals surface area contributed by atoms with Gasteiger partial charge in [0, 0.05) is 12.6 Å². The number of carbonyl (C=O) groups is 1. The number of anilines is 1. The van der Waals surface area contributed by atoms with Gasteiger partial charge in [-0.15, -0.1) is 5.10 Å². The fourth-order valence-electron chi connectivity index (χ4n) is 2.12. The van der Waals surface area contributed by atoms with Crippen LogP contribution in [0.2, 0.25) is 0 Å². The third kappa shape index (κ3) is 2.58. The van der Waals surface area contributed by atoms with Crippen molar-refractivity contribution in [1.29, 1.82) is 0 Å². The molecule has 0 saturated heterocycles. The molecule has 2 aromatic heterocycles. The Balaban J connectivity index is 1.86. The lowest BCUT2D eigenvalue weighted by atomic mass is 10.2. The van der Waals surface area contributed by atoms with E-state index in [9.17, 15) is 4.79 Å². The standard InChI is InChI=1S/C14H14N6O2/c1-8-13(22-10(3)15-8)14(21)16-11-5-4-6-12(7-11)20-9(2)17-18-19-20/h4-7H,1-3H3,(H,16,21). The first-order valence-electron chi connectivity index (χ1n) is 6.65. The Kier molecular flexibility index (Phi) is 3.42. The fourth-order valence-corrected chi connectivity index (χ4v) is 2.12. The van der Waals surface area contributed by atoms with E-state index in [2.05, 4.69) is 25.8 Å². The molecular weight excluding hydrogens is 284 g/mol. The summed E-state index contributed by atoms with van der Waals surface area (Å²) in [6.07, 6.45) is 0. The largest absolute Gasteiger partial charge is 0.436 e. The number of carbonyl (C=O) groups excluding carboxylic acids is 1. The van der Waals surface area contributed by atoms with Gasteiger partial charge in [0.25, 0.3) is 5.91 Å². The number of tetrazole rings is 1. The van der Waals surface area contributed by atoms with Crippen molar-refractivity contribution in [3.8, 4) is 5.69 Å². The number of nitrogens with zero attached hydrogens (tertiary/aromatic N) is 5. The number of oxazole rings is 1. The summed E-state index contributed by atoms with van der Waals surface area (Å²) in [6, 6.07) is 7.22. The molecule has 1 aromatic carbocycles. The van der Waals surface area contributed by atoms with E-state index < -0.39 is 0 Å². The van der Waals surface area contributed by atoms with Gasteiger partial charge in [-0.05, 0) is 42.5 Å². The number of aromatic nitrogens is 5. The van der Waals surface area contributed by atoms with Crippen molar-refractivity contribution in [3.05, 3.63) is 47.4 Å². The lowest BCUT2D eigenvalue weighted by Crippen LogP contribution is -2.12. The Morgan fingerprint density at radius 3 is 2.73 bits per heavy atom. The second-order valence-corrected chi connectivity index (χ2v) is 4.79. The van der Waals surface area contributed by atoms with Crippen molar-refractivity contribution in [3.63, 3.8) is 0 Å². The molecule has 112 valence electrons. The van der Waals surface area contributed by atoms with Gasteiger partial charge in [-0.3, -0.25) is 4.79 Å². The quantitative estimate of drug-likeness (QED) is 0.792. The van der Waals surface area contributed by atoms with Crippen LogP contribution in [0.5, 0.6) is 0 Å². The molecule has 3 aromatic rings. The second-order valence-electron chi connectivity index (χ2n) is 4.79. The zero-order valence-corrected chi connectivity index (χ0v) is 12.4. The van der Waals surface area contributed by atoms with E-state index in [1.165, 1.54) is 0 Å². The first-order chi connectivity index (χ1) is 10.5. The number of nitrogens with one attached hydrogen (secondary N) is 1. The van der Waals surface area contributed by atoms with Crippen LogP contribution in [0.1, 0.15) is 28.0 Å². The zero-order valence-electron chi connectivity index (χ0n) is 12.4. The van der Waals surface area contributed by atoms with Gasteiger partial charge < -0.3 is 9.73 Å². The van der Waals surface area contributed by atoms with Crippen LogP contribution in [0.15, 0.2) is 28.7 Å². The van der Waals surface area contributed by atoms with Gasteiger partial charge in [-0.25, -0.2) is 4.98 Å². The highest BCUT2D eigenvalue weighted by Crippen LogP contribution is 2.17. The summed E-state index contributed by atoms with van der Waals surface area (Å²) in [6.45, 7) is 5.23. The van der Waals surface area contributed by atoms with Crippen molar-refractivity contribution in [1.82, 2.24) is 25.2 Å². The topological polar surface area (TPSA) is 98.7 Å². The normalized spacial score (nSPS) is 10.7. The molecule has 1 amide bonds. The minimum absolute atomic E-state index is 0.210. The van der Waals surface area contributed by atoms with Crippen LogP contribution in [0.3, 0.4) is 0 Å². The Morgan fingerprint density at radius 1 is 1.27 bits per heavy atom. The maximum Gasteiger partial charge on any atom is 0.293 e. The number of hydrogen-bond donors (Lipinski definition) is 1. The van der Waals surface area contributed by atoms with E-state index in [-0.39, 0.29) is 11.7 Å². The van der Waals surface area contributed by atoms with Crippen molar-refractivity contribution in [2.45, 2.75) is 20.8 Å². The van der Waals surface area contributed by atoms with E-state index in [1.807, 2.05) is 12.1 Å². The molecule has 8 heteroatoms. The maximum atomic E-state index is 12.2. The van der Waals surface area contributed by atoms with Gasteiger partial charge in [0.1, 0.15) is 0 Å². The van der Waals surface area contributed by atoms with E-state index in [0.717, 1.165) is 5.69 Å². The van der Waals surface area contributed by atoms with Gasteiger partial charge in [-0.1, -0.05) is 6.07 Å². The third-order valence-electron chi connectivity index (χ3n) is 3.08. The van der Waals surface area contributed by atoms with Gasteiger partial charge >= 0.3 is 0 Å². The summed E-state index contributed by atoms with van der Waals surface area (Å²) in [5, 5.41) is 14.1. The summed E-state index contributed by atoms with van der Waals surface area (Å²) in [5.74, 6) is 0.982. The van der Waals surface area contributed by atoms with E-state index in [4.69, 9.17) is 4.42 Å². The number of aryl methyl sites for hydroxylation is 3. The molecule has 0 aliphatic heterocycles. The van der Waals surface area contributed by atoms with Gasteiger partial charge in [0.05, 0.1) is 11.4 Å². The average Bonchev–Trinajstić information content (AvgIpc) is 3.04. The SMILES string of the molecule is Cc1nc(C)c(C(=O)Nc2cccc(-n3nnnc3C)c2)o1. The predicted molar refractivity (Wildman–Crippen MR) is 77.8 cm³/mol. The molecule has 3 rings (SSSR count). The molecule has 0 spiro atoms. The fraction of sp³-hybridized carbons (Fsp3) is 0.214. The molecule has 2 heterocycles. The molecule has 0 unspecified atom stereocenters. The third-order valence-corrected chi connectivity index (χ3v) is 3.08. The van der Waals surface area contributed by atoms with Gasteiger partial charge in [0.2, 0.25) is 5.76 Å². The first-order valence-corrected chi connectivity index (χ1v) is 6.65. The molecule has 8 nitrogen and oxygen atoms in total. The average molecular weight is 298 g/mol. The number of rotatable bonds is 3. The highest BCUT2D eigenvalue weighted by Gasteiger charge is 2.16. The summed E-state index contributed by atoms with van der Waals surface area (Å²) in [7, 11) is 0. The van der Waals surface area contributed by atoms with Crippen molar-refractivity contribution >= 4 is 11.6 Å². The van der Waals surface area contributed by atoms with Crippen LogP contribution < -0.4 is 5.32 Å². The van der Waals surface area contributed by atoms with E-state index in [0.29, 0.717) is 23.1 Å². The number of amides is 1. The molecule has 0 saturated carbocycles. The monoisotopic (exact) mass is 298 g/mol. The predicted octanol–water partition coefficient (Wildman–Crippen LogP) is 1.83. The molecule has 0 aliphatic carbocycles. The molecule has 0 radical (unpaired) electrons. The zero-order chi connectivity index (χ0) is 15.7. The van der Waals surface area contributed by atoms with Crippen molar-refractivity contribution in [2.24, 2.45) is 0 Å². The molecule has 22 heavy (non-hydrogen) atoms. The minimum Gasteiger partial charge on any atom is -0.436 e. The number of benzene rings is 1. The van der Waals surface area contributed by atoms with Crippen molar-refractivity contribution in [2.75, 3.05) is 5.32 Å². The van der Waals surface area contributed by atoms with Crippen molar-refractivity contribution < 1.29 is 9.21 Å². The molecule has 0 fully saturated rings. The van der Waals surface area contributed by atoms with Crippen LogP contribution in [0.25, 0.3) is 5.69 Å².